The molecule has 0 spiro atoms. The van der Waals surface area contributed by atoms with Gasteiger partial charge in [0.1, 0.15) is 5.82 Å². The van der Waals surface area contributed by atoms with E-state index in [1.165, 1.54) is 0 Å². The van der Waals surface area contributed by atoms with Crippen LogP contribution in [0.2, 0.25) is 0 Å². The molecule has 1 aliphatic rings. The molecule has 0 radical (unpaired) electrons. The van der Waals surface area contributed by atoms with Gasteiger partial charge in [0, 0.05) is 18.4 Å². The Balaban J connectivity index is 1.34. The molecule has 29 heavy (non-hydrogen) atoms. The summed E-state index contributed by atoms with van der Waals surface area (Å²) in [5.74, 6) is 1.64. The third-order valence-corrected chi connectivity index (χ3v) is 5.69. The molecule has 1 aliphatic carbocycles. The number of nitrogens with one attached hydrogen (secondary N) is 2. The van der Waals surface area contributed by atoms with Crippen molar-refractivity contribution >= 4 is 22.8 Å². The zero-order chi connectivity index (χ0) is 20.4. The molecular formula is C21H26N6O2. The van der Waals surface area contributed by atoms with Gasteiger partial charge in [0.2, 0.25) is 11.9 Å². The molecule has 8 heteroatoms. The zero-order valence-corrected chi connectivity index (χ0v) is 16.8. The first-order valence-electron chi connectivity index (χ1n) is 10.2. The van der Waals surface area contributed by atoms with Crippen molar-refractivity contribution in [3.63, 3.8) is 0 Å². The number of rotatable bonds is 5. The largest absolute Gasteiger partial charge is 0.298 e. The molecule has 0 unspecified atom stereocenters. The molecule has 0 bridgehead atoms. The number of carbonyl (C=O) groups is 1. The van der Waals surface area contributed by atoms with E-state index in [0.29, 0.717) is 23.8 Å². The predicted octanol–water partition coefficient (Wildman–Crippen LogP) is 3.08. The Bertz CT molecular complexity index is 1060. The molecule has 1 aromatic carbocycles. The van der Waals surface area contributed by atoms with E-state index in [9.17, 15) is 9.59 Å². The number of nitrogens with zero attached hydrogens (tertiary/aromatic N) is 4. The predicted molar refractivity (Wildman–Crippen MR) is 111 cm³/mol. The maximum atomic E-state index is 12.7. The van der Waals surface area contributed by atoms with E-state index in [1.54, 1.807) is 10.9 Å². The highest BCUT2D eigenvalue weighted by molar-refractivity contribution is 5.90. The Morgan fingerprint density at radius 3 is 2.72 bits per heavy atom. The van der Waals surface area contributed by atoms with E-state index in [4.69, 9.17) is 0 Å². The fourth-order valence-corrected chi connectivity index (χ4v) is 3.92. The van der Waals surface area contributed by atoms with Crippen LogP contribution in [0.3, 0.4) is 0 Å². The quantitative estimate of drug-likeness (QED) is 0.692. The maximum absolute atomic E-state index is 12.7. The smallest absolute Gasteiger partial charge is 0.261 e. The molecule has 2 aromatic heterocycles. The molecule has 1 saturated carbocycles. The minimum absolute atomic E-state index is 0.000953. The van der Waals surface area contributed by atoms with Crippen LogP contribution in [0, 0.1) is 11.8 Å². The van der Waals surface area contributed by atoms with Gasteiger partial charge in [-0.2, -0.15) is 4.98 Å². The molecule has 1 amide bonds. The lowest BCUT2D eigenvalue weighted by Crippen LogP contribution is -2.31. The number of hydrogen-bond acceptors (Lipinski definition) is 5. The molecule has 0 aliphatic heterocycles. The molecule has 2 heterocycles. The second-order valence-electron chi connectivity index (χ2n) is 8.13. The number of benzene rings is 1. The summed E-state index contributed by atoms with van der Waals surface area (Å²) < 4.78 is 1.70. The van der Waals surface area contributed by atoms with Crippen LogP contribution in [-0.4, -0.2) is 30.6 Å². The van der Waals surface area contributed by atoms with E-state index in [0.717, 1.165) is 37.0 Å². The van der Waals surface area contributed by atoms with E-state index in [1.807, 2.05) is 38.1 Å². The van der Waals surface area contributed by atoms with Gasteiger partial charge in [0.05, 0.1) is 17.2 Å². The molecule has 8 nitrogen and oxygen atoms in total. The topological polar surface area (TPSA) is 106 Å². The molecular weight excluding hydrogens is 368 g/mol. The number of amides is 1. The second-order valence-corrected chi connectivity index (χ2v) is 8.13. The Morgan fingerprint density at radius 1 is 1.24 bits per heavy atom. The van der Waals surface area contributed by atoms with Gasteiger partial charge < -0.3 is 0 Å². The number of aromatic amines is 1. The van der Waals surface area contributed by atoms with E-state index in [-0.39, 0.29) is 23.3 Å². The summed E-state index contributed by atoms with van der Waals surface area (Å²) in [5.41, 5.74) is 0.725. The monoisotopic (exact) mass is 394 g/mol. The van der Waals surface area contributed by atoms with Gasteiger partial charge in [-0.3, -0.25) is 24.6 Å². The first kappa shape index (κ1) is 19.3. The van der Waals surface area contributed by atoms with Gasteiger partial charge in [-0.1, -0.05) is 26.0 Å². The molecule has 0 atom stereocenters. The first-order valence-corrected chi connectivity index (χ1v) is 10.2. The number of carbonyl (C=O) groups excluding carboxylic acids is 1. The molecule has 3 aromatic rings. The number of H-pyrrole nitrogens is 1. The fourth-order valence-electron chi connectivity index (χ4n) is 3.92. The van der Waals surface area contributed by atoms with Crippen molar-refractivity contribution in [3.05, 3.63) is 46.8 Å². The minimum atomic E-state index is -0.0429. The van der Waals surface area contributed by atoms with Crippen LogP contribution in [0.5, 0.6) is 0 Å². The van der Waals surface area contributed by atoms with Crippen molar-refractivity contribution in [2.45, 2.75) is 52.0 Å². The summed E-state index contributed by atoms with van der Waals surface area (Å²) in [4.78, 5) is 33.9. The maximum Gasteiger partial charge on any atom is 0.261 e. The first-order chi connectivity index (χ1) is 14.0. The van der Waals surface area contributed by atoms with Crippen molar-refractivity contribution in [1.82, 2.24) is 24.7 Å². The van der Waals surface area contributed by atoms with Crippen LogP contribution in [0.1, 0.15) is 51.3 Å². The summed E-state index contributed by atoms with van der Waals surface area (Å²) in [6.45, 7) is 4.68. The number of para-hydroxylation sites is 1. The van der Waals surface area contributed by atoms with Crippen molar-refractivity contribution < 1.29 is 4.79 Å². The molecule has 1 fully saturated rings. The van der Waals surface area contributed by atoms with Crippen LogP contribution < -0.4 is 10.9 Å². The zero-order valence-electron chi connectivity index (χ0n) is 16.8. The number of anilines is 1. The summed E-state index contributed by atoms with van der Waals surface area (Å²) >= 11 is 0. The fraction of sp³-hybridized carbons (Fsp3) is 0.476. The molecule has 152 valence electrons. The Morgan fingerprint density at radius 2 is 2.00 bits per heavy atom. The van der Waals surface area contributed by atoms with Crippen molar-refractivity contribution in [2.75, 3.05) is 5.32 Å². The average Bonchev–Trinajstić information content (AvgIpc) is 3.20. The van der Waals surface area contributed by atoms with E-state index < -0.39 is 0 Å². The van der Waals surface area contributed by atoms with Crippen LogP contribution in [0.15, 0.2) is 35.4 Å². The van der Waals surface area contributed by atoms with Crippen LogP contribution in [-0.2, 0) is 11.3 Å². The lowest BCUT2D eigenvalue weighted by atomic mass is 9.81. The van der Waals surface area contributed by atoms with Gasteiger partial charge in [0.25, 0.3) is 5.56 Å². The normalized spacial score (nSPS) is 19.6. The standard InChI is InChI=1S/C21H26N6O2/c1-13(2)18-23-21(26-25-18)24-19(28)15-9-7-14(8-10-15)11-27-12-22-17-6-4-3-5-16(17)20(27)29/h3-6,12-15H,7-11H2,1-2H3,(H2,23,24,25,26,28). The third kappa shape index (κ3) is 4.21. The van der Waals surface area contributed by atoms with Crippen molar-refractivity contribution in [1.29, 1.82) is 0 Å². The lowest BCUT2D eigenvalue weighted by Gasteiger charge is -2.27. The Labute approximate surface area is 168 Å². The molecule has 4 rings (SSSR count). The van der Waals surface area contributed by atoms with Gasteiger partial charge in [0.15, 0.2) is 0 Å². The highest BCUT2D eigenvalue weighted by Crippen LogP contribution is 2.30. The van der Waals surface area contributed by atoms with E-state index in [2.05, 4.69) is 25.5 Å². The van der Waals surface area contributed by atoms with Gasteiger partial charge in [-0.15, -0.1) is 5.10 Å². The number of hydrogen-bond donors (Lipinski definition) is 2. The SMILES string of the molecule is CC(C)c1nc(NC(=O)C2CCC(Cn3cnc4ccccc4c3=O)CC2)n[nH]1. The molecule has 0 saturated heterocycles. The highest BCUT2D eigenvalue weighted by Gasteiger charge is 2.27. The highest BCUT2D eigenvalue weighted by atomic mass is 16.2. The lowest BCUT2D eigenvalue weighted by molar-refractivity contribution is -0.121. The van der Waals surface area contributed by atoms with E-state index >= 15 is 0 Å². The third-order valence-electron chi connectivity index (χ3n) is 5.69. The van der Waals surface area contributed by atoms with Crippen LogP contribution >= 0.6 is 0 Å². The minimum Gasteiger partial charge on any atom is -0.298 e. The van der Waals surface area contributed by atoms with Crippen molar-refractivity contribution in [2.24, 2.45) is 11.8 Å². The summed E-state index contributed by atoms with van der Waals surface area (Å²) in [6, 6.07) is 7.41. The molecule has 2 N–H and O–H groups in total. The van der Waals surface area contributed by atoms with Crippen LogP contribution in [0.4, 0.5) is 5.95 Å². The number of aromatic nitrogens is 5. The second kappa shape index (κ2) is 8.14. The Hall–Kier alpha value is -3.03. The summed E-state index contributed by atoms with van der Waals surface area (Å²) in [5, 5.41) is 10.4. The van der Waals surface area contributed by atoms with Gasteiger partial charge in [-0.05, 0) is 43.7 Å². The average molecular weight is 394 g/mol. The summed E-state index contributed by atoms with van der Waals surface area (Å²) in [7, 11) is 0. The van der Waals surface area contributed by atoms with Gasteiger partial charge >= 0.3 is 0 Å². The number of fused-ring (bicyclic) bond motifs is 1. The van der Waals surface area contributed by atoms with Gasteiger partial charge in [-0.25, -0.2) is 4.98 Å². The van der Waals surface area contributed by atoms with Crippen LogP contribution in [0.25, 0.3) is 10.9 Å². The van der Waals surface area contributed by atoms with Crippen molar-refractivity contribution in [3.8, 4) is 0 Å². The Kier molecular flexibility index (Phi) is 5.42. The summed E-state index contributed by atoms with van der Waals surface area (Å²) in [6.07, 6.45) is 5.05.